The van der Waals surface area contributed by atoms with Crippen LogP contribution in [0.25, 0.3) is 0 Å². The van der Waals surface area contributed by atoms with Crippen molar-refractivity contribution in [2.24, 2.45) is 5.92 Å². The van der Waals surface area contributed by atoms with E-state index in [1.807, 2.05) is 41.8 Å². The lowest BCUT2D eigenvalue weighted by atomic mass is 9.91. The van der Waals surface area contributed by atoms with Crippen LogP contribution < -0.4 is 0 Å². The monoisotopic (exact) mass is 256 g/mol. The highest BCUT2D eigenvalue weighted by Gasteiger charge is 2.19. The summed E-state index contributed by atoms with van der Waals surface area (Å²) in [5.41, 5.74) is 1.20. The highest BCUT2D eigenvalue weighted by atomic mass is 32.1. The number of benzene rings is 1. The molecule has 0 saturated carbocycles. The molecule has 1 nitrogen and oxygen atoms in total. The molecule has 1 aromatic heterocycles. The first-order valence-electron chi connectivity index (χ1n) is 6.04. The molecule has 0 aliphatic carbocycles. The van der Waals surface area contributed by atoms with Crippen LogP contribution in [-0.2, 0) is 6.42 Å². The lowest BCUT2D eigenvalue weighted by Crippen LogP contribution is -2.15. The number of allylic oxidation sites excluding steroid dienone is 1. The highest BCUT2D eigenvalue weighted by molar-refractivity contribution is 7.12. The molecular weight excluding hydrogens is 240 g/mol. The molecule has 0 N–H and O–H groups in total. The number of hydrogen-bond donors (Lipinski definition) is 0. The minimum atomic E-state index is 0.00329. The minimum absolute atomic E-state index is 0.00329. The Labute approximate surface area is 112 Å². The molecule has 92 valence electrons. The van der Waals surface area contributed by atoms with Gasteiger partial charge >= 0.3 is 0 Å². The van der Waals surface area contributed by atoms with Crippen molar-refractivity contribution in [3.8, 4) is 0 Å². The number of carbonyl (C=O) groups excluding carboxylic acids is 1. The predicted molar refractivity (Wildman–Crippen MR) is 77.1 cm³/mol. The predicted octanol–water partition coefficient (Wildman–Crippen LogP) is 4.37. The molecule has 2 heteroatoms. The van der Waals surface area contributed by atoms with Crippen molar-refractivity contribution in [1.82, 2.24) is 0 Å². The molecule has 0 bridgehead atoms. The molecule has 0 amide bonds. The van der Waals surface area contributed by atoms with Crippen molar-refractivity contribution in [2.45, 2.75) is 12.8 Å². The van der Waals surface area contributed by atoms with Gasteiger partial charge in [0.1, 0.15) is 0 Å². The zero-order valence-electron chi connectivity index (χ0n) is 10.2. The summed E-state index contributed by atoms with van der Waals surface area (Å²) in [7, 11) is 0. The molecule has 1 aromatic carbocycles. The fraction of sp³-hybridized carbons (Fsp3) is 0.188. The van der Waals surface area contributed by atoms with Crippen LogP contribution in [0.5, 0.6) is 0 Å². The van der Waals surface area contributed by atoms with Crippen LogP contribution >= 0.6 is 11.3 Å². The Morgan fingerprint density at radius 2 is 2.00 bits per heavy atom. The van der Waals surface area contributed by atoms with Crippen molar-refractivity contribution in [2.75, 3.05) is 0 Å². The number of ketones is 1. The molecule has 0 radical (unpaired) electrons. The Morgan fingerprint density at radius 1 is 1.22 bits per heavy atom. The second-order valence-corrected chi connectivity index (χ2v) is 5.20. The molecule has 2 rings (SSSR count). The van der Waals surface area contributed by atoms with Gasteiger partial charge < -0.3 is 0 Å². The van der Waals surface area contributed by atoms with E-state index in [1.54, 1.807) is 0 Å². The van der Waals surface area contributed by atoms with Crippen LogP contribution in [0.15, 0.2) is 60.5 Å². The first-order valence-corrected chi connectivity index (χ1v) is 6.91. The maximum absolute atomic E-state index is 12.4. The molecule has 0 fully saturated rings. The zero-order valence-corrected chi connectivity index (χ0v) is 11.0. The van der Waals surface area contributed by atoms with Gasteiger partial charge in [0, 0.05) is 5.92 Å². The van der Waals surface area contributed by atoms with E-state index in [0.717, 1.165) is 17.7 Å². The second kappa shape index (κ2) is 6.31. The SMILES string of the molecule is C=CC[C@@H](Cc1ccccc1)C(=O)c1cccs1. The molecule has 0 aliphatic heterocycles. The van der Waals surface area contributed by atoms with Crippen molar-refractivity contribution in [3.63, 3.8) is 0 Å². The van der Waals surface area contributed by atoms with E-state index < -0.39 is 0 Å². The van der Waals surface area contributed by atoms with E-state index in [0.29, 0.717) is 0 Å². The largest absolute Gasteiger partial charge is 0.293 e. The van der Waals surface area contributed by atoms with Gasteiger partial charge in [0.25, 0.3) is 0 Å². The Balaban J connectivity index is 2.13. The maximum atomic E-state index is 12.4. The molecule has 2 aromatic rings. The topological polar surface area (TPSA) is 17.1 Å². The van der Waals surface area contributed by atoms with Gasteiger partial charge in [-0.1, -0.05) is 42.5 Å². The van der Waals surface area contributed by atoms with Gasteiger partial charge in [0.2, 0.25) is 0 Å². The number of hydrogen-bond acceptors (Lipinski definition) is 2. The number of rotatable bonds is 6. The summed E-state index contributed by atoms with van der Waals surface area (Å²) in [6.45, 7) is 3.76. The van der Waals surface area contributed by atoms with Crippen molar-refractivity contribution in [1.29, 1.82) is 0 Å². The minimum Gasteiger partial charge on any atom is -0.293 e. The van der Waals surface area contributed by atoms with E-state index in [2.05, 4.69) is 18.7 Å². The molecule has 0 aliphatic rings. The van der Waals surface area contributed by atoms with E-state index in [4.69, 9.17) is 0 Å². The van der Waals surface area contributed by atoms with E-state index in [1.165, 1.54) is 16.9 Å². The van der Waals surface area contributed by atoms with Gasteiger partial charge in [-0.15, -0.1) is 17.9 Å². The number of thiophene rings is 1. The zero-order chi connectivity index (χ0) is 12.8. The Bertz CT molecular complexity index is 499. The third kappa shape index (κ3) is 3.17. The van der Waals surface area contributed by atoms with Gasteiger partial charge in [-0.05, 0) is 29.9 Å². The van der Waals surface area contributed by atoms with Crippen LogP contribution in [0.3, 0.4) is 0 Å². The third-order valence-corrected chi connectivity index (χ3v) is 3.80. The summed E-state index contributed by atoms with van der Waals surface area (Å²) in [5, 5.41) is 1.95. The molecule has 18 heavy (non-hydrogen) atoms. The van der Waals surface area contributed by atoms with Crippen LogP contribution in [0.4, 0.5) is 0 Å². The van der Waals surface area contributed by atoms with Gasteiger partial charge in [-0.2, -0.15) is 0 Å². The Kier molecular flexibility index (Phi) is 4.48. The fourth-order valence-corrected chi connectivity index (χ4v) is 2.75. The summed E-state index contributed by atoms with van der Waals surface area (Å²) in [5.74, 6) is 0.234. The van der Waals surface area contributed by atoms with Crippen molar-refractivity contribution in [3.05, 3.63) is 70.9 Å². The van der Waals surface area contributed by atoms with Crippen LogP contribution in [0.1, 0.15) is 21.7 Å². The van der Waals surface area contributed by atoms with E-state index >= 15 is 0 Å². The standard InChI is InChI=1S/C16H16OS/c1-2-7-14(12-13-8-4-3-5-9-13)16(17)15-10-6-11-18-15/h2-6,8-11,14H,1,7,12H2/t14-/m0/s1. The van der Waals surface area contributed by atoms with Crippen LogP contribution in [-0.4, -0.2) is 5.78 Å². The van der Waals surface area contributed by atoms with Crippen LogP contribution in [0.2, 0.25) is 0 Å². The summed E-state index contributed by atoms with van der Waals surface area (Å²) in [6.07, 6.45) is 3.34. The molecule has 0 unspecified atom stereocenters. The van der Waals surface area contributed by atoms with E-state index in [9.17, 15) is 4.79 Å². The lowest BCUT2D eigenvalue weighted by Gasteiger charge is -2.13. The number of carbonyl (C=O) groups is 1. The molecule has 0 saturated heterocycles. The summed E-state index contributed by atoms with van der Waals surface area (Å²) in [4.78, 5) is 13.2. The van der Waals surface area contributed by atoms with Crippen molar-refractivity contribution < 1.29 is 4.79 Å². The highest BCUT2D eigenvalue weighted by Crippen LogP contribution is 2.21. The Morgan fingerprint density at radius 3 is 2.61 bits per heavy atom. The first kappa shape index (κ1) is 12.8. The average molecular weight is 256 g/mol. The normalized spacial score (nSPS) is 12.0. The number of Topliss-reactive ketones (excluding diaryl/α,β-unsaturated/α-hetero) is 1. The quantitative estimate of drug-likeness (QED) is 0.554. The average Bonchev–Trinajstić information content (AvgIpc) is 2.92. The van der Waals surface area contributed by atoms with Gasteiger partial charge in [0.05, 0.1) is 4.88 Å². The summed E-state index contributed by atoms with van der Waals surface area (Å²) in [6, 6.07) is 14.0. The Hall–Kier alpha value is -1.67. The maximum Gasteiger partial charge on any atom is 0.176 e. The van der Waals surface area contributed by atoms with Crippen LogP contribution in [0, 0.1) is 5.92 Å². The lowest BCUT2D eigenvalue weighted by molar-refractivity contribution is 0.0924. The van der Waals surface area contributed by atoms with Crippen molar-refractivity contribution >= 4 is 17.1 Å². The van der Waals surface area contributed by atoms with Gasteiger partial charge in [0.15, 0.2) is 5.78 Å². The molecule has 0 spiro atoms. The first-order chi connectivity index (χ1) is 8.81. The van der Waals surface area contributed by atoms with E-state index in [-0.39, 0.29) is 11.7 Å². The van der Waals surface area contributed by atoms with Gasteiger partial charge in [-0.3, -0.25) is 4.79 Å². The summed E-state index contributed by atoms with van der Waals surface area (Å²) < 4.78 is 0. The van der Waals surface area contributed by atoms with Gasteiger partial charge in [-0.25, -0.2) is 0 Å². The second-order valence-electron chi connectivity index (χ2n) is 4.25. The molecule has 1 heterocycles. The summed E-state index contributed by atoms with van der Waals surface area (Å²) >= 11 is 1.51. The third-order valence-electron chi connectivity index (χ3n) is 2.91. The molecular formula is C16H16OS. The molecule has 1 atom stereocenters. The fourth-order valence-electron chi connectivity index (χ4n) is 2.00. The smallest absolute Gasteiger partial charge is 0.176 e.